The number of ether oxygens (including phenoxy) is 1. The first kappa shape index (κ1) is 20.9. The molecular weight excluding hydrogens is 344 g/mol. The van der Waals surface area contributed by atoms with E-state index in [9.17, 15) is 4.79 Å². The molecule has 0 bridgehead atoms. The molecule has 2 rings (SSSR count). The molecule has 8 nitrogen and oxygen atoms in total. The number of carbonyl (C=O) groups excluding carboxylic acids is 1. The number of nitrogens with one attached hydrogen (secondary N) is 1. The van der Waals surface area contributed by atoms with Crippen molar-refractivity contribution in [2.75, 3.05) is 32.8 Å². The van der Waals surface area contributed by atoms with Crippen molar-refractivity contribution in [2.24, 2.45) is 10.9 Å². The van der Waals surface area contributed by atoms with Crippen molar-refractivity contribution in [3.8, 4) is 0 Å². The lowest BCUT2D eigenvalue weighted by molar-refractivity contribution is -0.149. The highest BCUT2D eigenvalue weighted by molar-refractivity contribution is 5.81. The number of piperidine rings is 1. The molecule has 150 valence electrons. The quantitative estimate of drug-likeness (QED) is 0.321. The molecule has 1 fully saturated rings. The van der Waals surface area contributed by atoms with Crippen molar-refractivity contribution in [2.45, 2.75) is 46.6 Å². The Balaban J connectivity index is 1.99. The Morgan fingerprint density at radius 2 is 2.30 bits per heavy atom. The highest BCUT2D eigenvalue weighted by Gasteiger charge is 2.28. The zero-order chi connectivity index (χ0) is 19.6. The van der Waals surface area contributed by atoms with Crippen molar-refractivity contribution < 1.29 is 9.53 Å². The number of aryl methyl sites for hydroxylation is 1. The number of aliphatic imine (C=N–C) groups is 1. The molecule has 1 aliphatic rings. The number of aromatic nitrogens is 3. The Bertz CT molecular complexity index is 654. The normalized spacial score (nSPS) is 17.7. The summed E-state index contributed by atoms with van der Waals surface area (Å²) in [4.78, 5) is 19.0. The van der Waals surface area contributed by atoms with E-state index in [0.717, 1.165) is 49.7 Å². The first-order valence-corrected chi connectivity index (χ1v) is 9.76. The smallest absolute Gasteiger partial charge is 0.310 e. The second-order valence-corrected chi connectivity index (χ2v) is 6.86. The lowest BCUT2D eigenvalue weighted by atomic mass is 9.98. The Kier molecular flexibility index (Phi) is 8.29. The van der Waals surface area contributed by atoms with E-state index in [2.05, 4.69) is 38.9 Å². The minimum atomic E-state index is -0.112. The van der Waals surface area contributed by atoms with Gasteiger partial charge in [0.2, 0.25) is 0 Å². The van der Waals surface area contributed by atoms with Crippen LogP contribution in [0, 0.1) is 5.92 Å². The molecule has 1 atom stereocenters. The Morgan fingerprint density at radius 1 is 1.48 bits per heavy atom. The summed E-state index contributed by atoms with van der Waals surface area (Å²) in [6.45, 7) is 13.8. The number of guanidine groups is 1. The summed E-state index contributed by atoms with van der Waals surface area (Å²) in [5.74, 6) is 1.58. The molecular formula is C19H32N6O2. The number of likely N-dealkylation sites (tertiary alicyclic amines) is 1. The van der Waals surface area contributed by atoms with Crippen molar-refractivity contribution in [1.82, 2.24) is 25.0 Å². The van der Waals surface area contributed by atoms with Crippen LogP contribution in [0.15, 0.2) is 23.5 Å². The molecule has 1 aromatic rings. The van der Waals surface area contributed by atoms with Crippen molar-refractivity contribution in [1.29, 1.82) is 0 Å². The number of nitrogens with zero attached hydrogens (tertiary/aromatic N) is 5. The van der Waals surface area contributed by atoms with Crippen LogP contribution in [0.25, 0.3) is 0 Å². The summed E-state index contributed by atoms with van der Waals surface area (Å²) < 4.78 is 7.25. The van der Waals surface area contributed by atoms with Crippen LogP contribution in [-0.4, -0.2) is 64.4 Å². The van der Waals surface area contributed by atoms with Crippen molar-refractivity contribution in [3.05, 3.63) is 24.3 Å². The van der Waals surface area contributed by atoms with Gasteiger partial charge in [0.25, 0.3) is 0 Å². The maximum absolute atomic E-state index is 12.1. The molecule has 8 heteroatoms. The van der Waals surface area contributed by atoms with Gasteiger partial charge in [0, 0.05) is 32.6 Å². The van der Waals surface area contributed by atoms with E-state index >= 15 is 0 Å². The fourth-order valence-electron chi connectivity index (χ4n) is 3.13. The molecule has 0 spiro atoms. The Labute approximate surface area is 161 Å². The monoisotopic (exact) mass is 376 g/mol. The summed E-state index contributed by atoms with van der Waals surface area (Å²) >= 11 is 0. The standard InChI is InChI=1S/C19H32N6O2/c1-5-17-23-22-14-25(17)11-9-20-19(21-12-15(3)4)24-10-7-8-16(13-24)18(26)27-6-2/h14,16H,3,5-13H2,1-2,4H3,(H,20,21). The van der Waals surface area contributed by atoms with E-state index in [1.165, 1.54) is 0 Å². The van der Waals surface area contributed by atoms with Gasteiger partial charge in [0.05, 0.1) is 19.1 Å². The summed E-state index contributed by atoms with van der Waals surface area (Å²) in [6, 6.07) is 0. The van der Waals surface area contributed by atoms with Gasteiger partial charge in [-0.15, -0.1) is 10.2 Å². The average Bonchev–Trinajstić information content (AvgIpc) is 3.12. The minimum absolute atomic E-state index is 0.0972. The molecule has 2 heterocycles. The topological polar surface area (TPSA) is 84.6 Å². The van der Waals surface area contributed by atoms with Crippen LogP contribution >= 0.6 is 0 Å². The molecule has 0 amide bonds. The van der Waals surface area contributed by atoms with E-state index in [0.29, 0.717) is 26.2 Å². The largest absolute Gasteiger partial charge is 0.466 e. The molecule has 1 N–H and O–H groups in total. The minimum Gasteiger partial charge on any atom is -0.466 e. The number of hydrogen-bond acceptors (Lipinski definition) is 5. The van der Waals surface area contributed by atoms with E-state index in [1.54, 1.807) is 6.33 Å². The first-order valence-electron chi connectivity index (χ1n) is 9.76. The highest BCUT2D eigenvalue weighted by atomic mass is 16.5. The van der Waals surface area contributed by atoms with Gasteiger partial charge < -0.3 is 19.5 Å². The first-order chi connectivity index (χ1) is 13.0. The summed E-state index contributed by atoms with van der Waals surface area (Å²) in [7, 11) is 0. The van der Waals surface area contributed by atoms with Gasteiger partial charge in [-0.05, 0) is 26.7 Å². The zero-order valence-corrected chi connectivity index (χ0v) is 16.8. The number of carbonyl (C=O) groups is 1. The van der Waals surface area contributed by atoms with E-state index < -0.39 is 0 Å². The number of rotatable bonds is 8. The van der Waals surface area contributed by atoms with Crippen LogP contribution in [-0.2, 0) is 22.5 Å². The van der Waals surface area contributed by atoms with E-state index in [4.69, 9.17) is 4.74 Å². The van der Waals surface area contributed by atoms with Gasteiger partial charge in [-0.3, -0.25) is 4.79 Å². The lowest BCUT2D eigenvalue weighted by Crippen LogP contribution is -2.49. The van der Waals surface area contributed by atoms with Crippen LogP contribution in [0.4, 0.5) is 0 Å². The molecule has 1 aromatic heterocycles. The molecule has 0 aromatic carbocycles. The predicted molar refractivity (Wildman–Crippen MR) is 105 cm³/mol. The fraction of sp³-hybridized carbons (Fsp3) is 0.684. The van der Waals surface area contributed by atoms with Gasteiger partial charge in [-0.2, -0.15) is 0 Å². The Morgan fingerprint density at radius 3 is 3.00 bits per heavy atom. The Hall–Kier alpha value is -2.38. The van der Waals surface area contributed by atoms with Crippen LogP contribution in [0.1, 0.15) is 39.4 Å². The molecule has 1 saturated heterocycles. The predicted octanol–water partition coefficient (Wildman–Crippen LogP) is 1.64. The molecule has 1 aliphatic heterocycles. The van der Waals surface area contributed by atoms with Gasteiger partial charge in [0.1, 0.15) is 12.2 Å². The van der Waals surface area contributed by atoms with Gasteiger partial charge >= 0.3 is 5.97 Å². The molecule has 1 unspecified atom stereocenters. The summed E-state index contributed by atoms with van der Waals surface area (Å²) in [5, 5.41) is 11.5. The van der Waals surface area contributed by atoms with E-state index in [1.807, 2.05) is 18.4 Å². The molecule has 0 saturated carbocycles. The van der Waals surface area contributed by atoms with E-state index in [-0.39, 0.29) is 11.9 Å². The third-order valence-electron chi connectivity index (χ3n) is 4.49. The maximum Gasteiger partial charge on any atom is 0.310 e. The molecule has 0 radical (unpaired) electrons. The molecule has 0 aliphatic carbocycles. The van der Waals surface area contributed by atoms with Crippen molar-refractivity contribution >= 4 is 11.9 Å². The third kappa shape index (κ3) is 6.37. The van der Waals surface area contributed by atoms with Crippen molar-refractivity contribution in [3.63, 3.8) is 0 Å². The molecule has 27 heavy (non-hydrogen) atoms. The third-order valence-corrected chi connectivity index (χ3v) is 4.49. The average molecular weight is 377 g/mol. The zero-order valence-electron chi connectivity index (χ0n) is 16.8. The second kappa shape index (κ2) is 10.7. The van der Waals surface area contributed by atoms with Gasteiger partial charge in [0.15, 0.2) is 5.96 Å². The van der Waals surface area contributed by atoms with Gasteiger partial charge in [-0.25, -0.2) is 4.99 Å². The second-order valence-electron chi connectivity index (χ2n) is 6.86. The summed E-state index contributed by atoms with van der Waals surface area (Å²) in [6.07, 6.45) is 4.42. The lowest BCUT2D eigenvalue weighted by Gasteiger charge is -2.34. The van der Waals surface area contributed by atoms with Gasteiger partial charge in [-0.1, -0.05) is 19.1 Å². The maximum atomic E-state index is 12.1. The fourth-order valence-corrected chi connectivity index (χ4v) is 3.13. The van der Waals surface area contributed by atoms with Crippen LogP contribution in [0.2, 0.25) is 0 Å². The SMILES string of the molecule is C=C(C)CN=C(NCCn1cnnc1CC)N1CCCC(C(=O)OCC)C1. The van der Waals surface area contributed by atoms with Crippen LogP contribution in [0.3, 0.4) is 0 Å². The highest BCUT2D eigenvalue weighted by Crippen LogP contribution is 2.18. The van der Waals surface area contributed by atoms with Crippen LogP contribution < -0.4 is 5.32 Å². The number of esters is 1. The van der Waals surface area contributed by atoms with Crippen LogP contribution in [0.5, 0.6) is 0 Å². The summed E-state index contributed by atoms with van der Waals surface area (Å²) in [5.41, 5.74) is 1.00. The number of hydrogen-bond donors (Lipinski definition) is 1.